The quantitative estimate of drug-likeness (QED) is 0.235. The number of unbranched alkanes of at least 4 members (excludes halogenated alkanes) is 6. The van der Waals surface area contributed by atoms with Crippen LogP contribution in [0.15, 0.2) is 59.0 Å². The molecule has 2 heterocycles. The molecule has 0 radical (unpaired) electrons. The van der Waals surface area contributed by atoms with E-state index < -0.39 is 0 Å². The van der Waals surface area contributed by atoms with E-state index in [2.05, 4.69) is 32.3 Å². The number of hydrogen-bond donors (Lipinski definition) is 0. The predicted molar refractivity (Wildman–Crippen MR) is 117 cm³/mol. The van der Waals surface area contributed by atoms with E-state index in [1.807, 2.05) is 36.4 Å². The summed E-state index contributed by atoms with van der Waals surface area (Å²) in [4.78, 5) is 4.01. The van der Waals surface area contributed by atoms with Crippen molar-refractivity contribution in [1.82, 2.24) is 15.2 Å². The van der Waals surface area contributed by atoms with Gasteiger partial charge in [0.1, 0.15) is 10.8 Å². The molecule has 2 aromatic heterocycles. The van der Waals surface area contributed by atoms with Crippen LogP contribution in [-0.2, 0) is 0 Å². The van der Waals surface area contributed by atoms with Crippen molar-refractivity contribution in [3.63, 3.8) is 0 Å². The maximum atomic E-state index is 5.81. The summed E-state index contributed by atoms with van der Waals surface area (Å²) >= 11 is 1.39. The van der Waals surface area contributed by atoms with Gasteiger partial charge in [0.05, 0.1) is 12.3 Å². The fourth-order valence-electron chi connectivity index (χ4n) is 2.83. The lowest BCUT2D eigenvalue weighted by atomic mass is 10.1. The molecule has 0 bridgehead atoms. The third kappa shape index (κ3) is 7.34. The number of aromatic nitrogens is 3. The van der Waals surface area contributed by atoms with Gasteiger partial charge >= 0.3 is 0 Å². The van der Waals surface area contributed by atoms with E-state index in [1.54, 1.807) is 12.4 Å². The van der Waals surface area contributed by atoms with Crippen LogP contribution in [0, 0.1) is 0 Å². The first-order valence-electron chi connectivity index (χ1n) is 10.2. The lowest BCUT2D eigenvalue weighted by Crippen LogP contribution is -1.96. The summed E-state index contributed by atoms with van der Waals surface area (Å²) in [6.07, 6.45) is 12.4. The molecule has 3 rings (SSSR count). The van der Waals surface area contributed by atoms with Crippen molar-refractivity contribution in [3.05, 3.63) is 48.8 Å². The summed E-state index contributed by atoms with van der Waals surface area (Å²) in [6, 6.07) is 11.4. The van der Waals surface area contributed by atoms with E-state index in [-0.39, 0.29) is 0 Å². The maximum Gasteiger partial charge on any atom is 0.252 e. The molecule has 152 valence electrons. The summed E-state index contributed by atoms with van der Waals surface area (Å²) in [7, 11) is 0. The van der Waals surface area contributed by atoms with Crippen LogP contribution < -0.4 is 4.74 Å². The Morgan fingerprint density at radius 2 is 1.55 bits per heavy atom. The monoisotopic (exact) mass is 409 g/mol. The number of hydrogen-bond acceptors (Lipinski definition) is 7. The highest BCUT2D eigenvalue weighted by Crippen LogP contribution is 2.29. The van der Waals surface area contributed by atoms with Crippen molar-refractivity contribution < 1.29 is 4.74 Å². The number of pyridine rings is 1. The summed E-state index contributed by atoms with van der Waals surface area (Å²) in [5.41, 5.74) is 1.73. The van der Waals surface area contributed by atoms with Gasteiger partial charge in [-0.25, -0.2) is 0 Å². The minimum absolute atomic E-state index is 0.524. The van der Waals surface area contributed by atoms with Gasteiger partial charge in [-0.05, 0) is 42.8 Å². The Hall–Kier alpha value is -2.67. The highest BCUT2D eigenvalue weighted by atomic mass is 32.1. The molecule has 6 nitrogen and oxygen atoms in total. The summed E-state index contributed by atoms with van der Waals surface area (Å²) in [5.74, 6) is 0.867. The molecule has 0 aliphatic rings. The standard InChI is InChI=1S/C22H27N5OS/c1-2-3-4-5-6-7-8-17-28-20-11-9-19(10-12-20)24-26-22-27-25-21(29-22)18-13-15-23-16-14-18/h9-16H,2-8,17H2,1H3. The minimum Gasteiger partial charge on any atom is -0.494 e. The molecule has 1 aromatic carbocycles. The van der Waals surface area contributed by atoms with Crippen molar-refractivity contribution >= 4 is 22.2 Å². The van der Waals surface area contributed by atoms with Gasteiger partial charge in [0.2, 0.25) is 0 Å². The zero-order valence-electron chi connectivity index (χ0n) is 16.8. The largest absolute Gasteiger partial charge is 0.494 e. The fraction of sp³-hybridized carbons (Fsp3) is 0.409. The number of ether oxygens (including phenoxy) is 1. The van der Waals surface area contributed by atoms with Gasteiger partial charge in [0, 0.05) is 18.0 Å². The summed E-state index contributed by atoms with van der Waals surface area (Å²) < 4.78 is 5.81. The third-order valence-corrected chi connectivity index (χ3v) is 5.30. The Labute approximate surface area is 176 Å². The Morgan fingerprint density at radius 3 is 2.31 bits per heavy atom. The second kappa shape index (κ2) is 12.0. The second-order valence-corrected chi connectivity index (χ2v) is 7.75. The van der Waals surface area contributed by atoms with Gasteiger partial charge in [0.15, 0.2) is 0 Å². The van der Waals surface area contributed by atoms with E-state index in [0.717, 1.165) is 35.0 Å². The van der Waals surface area contributed by atoms with Crippen molar-refractivity contribution in [2.45, 2.75) is 51.9 Å². The Balaban J connectivity index is 1.41. The molecule has 0 amide bonds. The Morgan fingerprint density at radius 1 is 0.828 bits per heavy atom. The highest BCUT2D eigenvalue weighted by Gasteiger charge is 2.05. The van der Waals surface area contributed by atoms with Crippen LogP contribution in [0.5, 0.6) is 5.75 Å². The molecule has 0 fully saturated rings. The van der Waals surface area contributed by atoms with Crippen LogP contribution in [0.3, 0.4) is 0 Å². The zero-order valence-corrected chi connectivity index (χ0v) is 17.6. The average Bonchev–Trinajstić information content (AvgIpc) is 3.25. The molecular weight excluding hydrogens is 382 g/mol. The first-order valence-corrected chi connectivity index (χ1v) is 11.1. The lowest BCUT2D eigenvalue weighted by molar-refractivity contribution is 0.304. The van der Waals surface area contributed by atoms with E-state index in [0.29, 0.717) is 5.13 Å². The van der Waals surface area contributed by atoms with E-state index in [4.69, 9.17) is 4.74 Å². The molecule has 7 heteroatoms. The number of nitrogens with zero attached hydrogens (tertiary/aromatic N) is 5. The highest BCUT2D eigenvalue weighted by molar-refractivity contribution is 7.18. The van der Waals surface area contributed by atoms with Crippen molar-refractivity contribution in [2.75, 3.05) is 6.61 Å². The van der Waals surface area contributed by atoms with Crippen LogP contribution in [0.2, 0.25) is 0 Å². The molecule has 3 aromatic rings. The Bertz CT molecular complexity index is 864. The molecular formula is C22H27N5OS. The molecule has 0 unspecified atom stereocenters. The van der Waals surface area contributed by atoms with Crippen molar-refractivity contribution in [1.29, 1.82) is 0 Å². The molecule has 0 atom stereocenters. The van der Waals surface area contributed by atoms with Gasteiger partial charge in [-0.3, -0.25) is 4.98 Å². The molecule has 0 aliphatic heterocycles. The van der Waals surface area contributed by atoms with Gasteiger partial charge in [-0.2, -0.15) is 0 Å². The first kappa shape index (κ1) is 21.0. The number of benzene rings is 1. The van der Waals surface area contributed by atoms with Gasteiger partial charge in [-0.1, -0.05) is 56.8 Å². The topological polar surface area (TPSA) is 72.6 Å². The van der Waals surface area contributed by atoms with E-state index in [9.17, 15) is 0 Å². The maximum absolute atomic E-state index is 5.81. The second-order valence-electron chi connectivity index (χ2n) is 6.79. The third-order valence-electron chi connectivity index (χ3n) is 4.45. The average molecular weight is 410 g/mol. The fourth-order valence-corrected chi connectivity index (χ4v) is 3.50. The summed E-state index contributed by atoms with van der Waals surface area (Å²) in [6.45, 7) is 3.01. The molecule has 0 saturated carbocycles. The van der Waals surface area contributed by atoms with Crippen molar-refractivity contribution in [2.24, 2.45) is 10.2 Å². The van der Waals surface area contributed by atoms with Gasteiger partial charge < -0.3 is 4.74 Å². The number of rotatable bonds is 12. The van der Waals surface area contributed by atoms with Crippen LogP contribution in [0.25, 0.3) is 10.6 Å². The first-order chi connectivity index (χ1) is 14.3. The molecule has 0 saturated heterocycles. The van der Waals surface area contributed by atoms with Crippen LogP contribution in [-0.4, -0.2) is 21.8 Å². The van der Waals surface area contributed by atoms with Crippen LogP contribution >= 0.6 is 11.3 Å². The predicted octanol–water partition coefficient (Wildman–Crippen LogP) is 7.14. The minimum atomic E-state index is 0.524. The van der Waals surface area contributed by atoms with Crippen molar-refractivity contribution in [3.8, 4) is 16.3 Å². The van der Waals surface area contributed by atoms with Crippen LogP contribution in [0.4, 0.5) is 10.8 Å². The molecule has 29 heavy (non-hydrogen) atoms. The molecule has 0 spiro atoms. The molecule has 0 aliphatic carbocycles. The smallest absolute Gasteiger partial charge is 0.252 e. The lowest BCUT2D eigenvalue weighted by Gasteiger charge is -2.06. The van der Waals surface area contributed by atoms with E-state index >= 15 is 0 Å². The SMILES string of the molecule is CCCCCCCCCOc1ccc(N=Nc2nnc(-c3ccncc3)s2)cc1. The summed E-state index contributed by atoms with van der Waals surface area (Å²) in [5, 5.41) is 18.0. The molecule has 0 N–H and O–H groups in total. The van der Waals surface area contributed by atoms with Gasteiger partial charge in [0.25, 0.3) is 5.13 Å². The van der Waals surface area contributed by atoms with E-state index in [1.165, 1.54) is 49.9 Å². The van der Waals surface area contributed by atoms with Gasteiger partial charge in [-0.15, -0.1) is 20.4 Å². The Kier molecular flexibility index (Phi) is 8.72. The van der Waals surface area contributed by atoms with Crippen LogP contribution in [0.1, 0.15) is 51.9 Å². The normalized spacial score (nSPS) is 11.2. The zero-order chi connectivity index (χ0) is 20.2. The number of azo groups is 1.